The number of amides is 1. The average molecular weight is 501 g/mol. The summed E-state index contributed by atoms with van der Waals surface area (Å²) in [5.74, 6) is 1.43. The number of aromatic nitrogens is 3. The highest BCUT2D eigenvalue weighted by Gasteiger charge is 2.21. The van der Waals surface area contributed by atoms with Gasteiger partial charge in [0.05, 0.1) is 27.4 Å². The van der Waals surface area contributed by atoms with Crippen LogP contribution in [0.3, 0.4) is 0 Å². The lowest BCUT2D eigenvalue weighted by molar-refractivity contribution is 0.102. The second-order valence-corrected chi connectivity index (χ2v) is 9.29. The lowest BCUT2D eigenvalue weighted by Gasteiger charge is -2.30. The van der Waals surface area contributed by atoms with Crippen molar-refractivity contribution in [2.24, 2.45) is 0 Å². The zero-order valence-electron chi connectivity index (χ0n) is 18.9. The van der Waals surface area contributed by atoms with Crippen LogP contribution in [-0.4, -0.2) is 45.2 Å². The molecule has 8 nitrogen and oxygen atoms in total. The number of hydrogen-bond donors (Lipinski definition) is 3. The third kappa shape index (κ3) is 5.75. The van der Waals surface area contributed by atoms with Gasteiger partial charge in [0.15, 0.2) is 0 Å². The van der Waals surface area contributed by atoms with Crippen molar-refractivity contribution in [1.82, 2.24) is 15.0 Å². The predicted octanol–water partition coefficient (Wildman–Crippen LogP) is 5.26. The monoisotopic (exact) mass is 500 g/mol. The summed E-state index contributed by atoms with van der Waals surface area (Å²) in [6, 6.07) is 10.2. The molecule has 0 bridgehead atoms. The van der Waals surface area contributed by atoms with Gasteiger partial charge >= 0.3 is 0 Å². The Bertz CT molecular complexity index is 1170. The quantitative estimate of drug-likeness (QED) is 0.424. The van der Waals surface area contributed by atoms with Crippen molar-refractivity contribution in [1.29, 1.82) is 0 Å². The van der Waals surface area contributed by atoms with E-state index in [-0.39, 0.29) is 27.6 Å². The van der Waals surface area contributed by atoms with Crippen LogP contribution in [0.5, 0.6) is 0 Å². The van der Waals surface area contributed by atoms with Crippen LogP contribution in [0.4, 0.5) is 23.3 Å². The Hall–Kier alpha value is -2.94. The highest BCUT2D eigenvalue weighted by molar-refractivity contribution is 6.40. The van der Waals surface area contributed by atoms with E-state index in [1.165, 1.54) is 0 Å². The highest BCUT2D eigenvalue weighted by Crippen LogP contribution is 2.27. The maximum Gasteiger partial charge on any atom is 0.258 e. The Labute approximate surface area is 208 Å². The summed E-state index contributed by atoms with van der Waals surface area (Å²) in [6.07, 6.45) is 2.87. The van der Waals surface area contributed by atoms with Crippen molar-refractivity contribution in [3.63, 3.8) is 0 Å². The Balaban J connectivity index is 1.56. The molecule has 3 N–H and O–H groups in total. The number of hydrogen-bond acceptors (Lipinski definition) is 7. The molecule has 10 heteroatoms. The lowest BCUT2D eigenvalue weighted by atomic mass is 10.1. The van der Waals surface area contributed by atoms with Gasteiger partial charge in [0.1, 0.15) is 11.6 Å². The number of rotatable bonds is 6. The van der Waals surface area contributed by atoms with Crippen LogP contribution in [0.25, 0.3) is 0 Å². The number of pyridine rings is 1. The number of halogens is 2. The van der Waals surface area contributed by atoms with Crippen LogP contribution < -0.4 is 15.5 Å². The van der Waals surface area contributed by atoms with Crippen LogP contribution >= 0.6 is 23.2 Å². The van der Waals surface area contributed by atoms with Gasteiger partial charge in [-0.25, -0.2) is 9.97 Å². The summed E-state index contributed by atoms with van der Waals surface area (Å²) < 4.78 is 0. The lowest BCUT2D eigenvalue weighted by Crippen LogP contribution is -2.39. The first-order valence-corrected chi connectivity index (χ1v) is 11.9. The first kappa shape index (κ1) is 24.2. The second-order valence-electron chi connectivity index (χ2n) is 8.48. The fourth-order valence-corrected chi connectivity index (χ4v) is 4.28. The van der Waals surface area contributed by atoms with Crippen molar-refractivity contribution in [2.75, 3.05) is 28.6 Å². The molecule has 1 aromatic carbocycles. The maximum absolute atomic E-state index is 12.7. The molecule has 34 heavy (non-hydrogen) atoms. The molecule has 0 aliphatic carbocycles. The summed E-state index contributed by atoms with van der Waals surface area (Å²) in [7, 11) is 0. The summed E-state index contributed by atoms with van der Waals surface area (Å²) in [5.41, 5.74) is 1.62. The third-order valence-electron chi connectivity index (χ3n) is 5.47. The van der Waals surface area contributed by atoms with Crippen molar-refractivity contribution in [3.8, 4) is 0 Å². The number of anilines is 4. The minimum absolute atomic E-state index is 0.191. The van der Waals surface area contributed by atoms with Gasteiger partial charge in [0.25, 0.3) is 5.91 Å². The number of carbonyl (C=O) groups is 1. The normalized spacial score (nSPS) is 15.9. The van der Waals surface area contributed by atoms with Crippen molar-refractivity contribution >= 4 is 52.4 Å². The summed E-state index contributed by atoms with van der Waals surface area (Å²) in [6.45, 7) is 5.43. The van der Waals surface area contributed by atoms with E-state index in [9.17, 15) is 9.90 Å². The maximum atomic E-state index is 12.7. The second kappa shape index (κ2) is 10.5. The molecule has 2 aromatic heterocycles. The van der Waals surface area contributed by atoms with Crippen LogP contribution in [0, 0.1) is 0 Å². The van der Waals surface area contributed by atoms with Gasteiger partial charge in [-0.3, -0.25) is 4.79 Å². The molecule has 1 aliphatic heterocycles. The molecule has 0 saturated carbocycles. The number of benzene rings is 1. The number of aliphatic hydroxyl groups excluding tert-OH is 1. The Morgan fingerprint density at radius 3 is 2.62 bits per heavy atom. The molecule has 1 atom stereocenters. The SMILES string of the molecule is CC(C)c1cc(Nc2cc(NC(=O)c3c(Cl)cccc3Cl)ccn2)nc(N2CCCC(O)C2)n1. The molecule has 1 saturated heterocycles. The Morgan fingerprint density at radius 2 is 1.91 bits per heavy atom. The number of nitrogens with one attached hydrogen (secondary N) is 2. The standard InChI is InChI=1S/C24H26Cl2N6O2/c1-14(2)19-12-21(31-24(29-19)32-10-4-5-16(33)13-32)30-20-11-15(8-9-27-20)28-23(34)22-17(25)6-3-7-18(22)26/h3,6-9,11-12,14,16,33H,4-5,10,13H2,1-2H3,(H2,27,28,29,30,31,34). The predicted molar refractivity (Wildman–Crippen MR) is 136 cm³/mol. The van der Waals surface area contributed by atoms with E-state index in [4.69, 9.17) is 28.2 Å². The van der Waals surface area contributed by atoms with Crippen LogP contribution in [0.1, 0.15) is 48.7 Å². The van der Waals surface area contributed by atoms with Gasteiger partial charge < -0.3 is 20.6 Å². The number of carbonyl (C=O) groups excluding carboxylic acids is 1. The molecule has 0 radical (unpaired) electrons. The van der Waals surface area contributed by atoms with Crippen LogP contribution in [0.2, 0.25) is 10.0 Å². The van der Waals surface area contributed by atoms with E-state index < -0.39 is 5.91 Å². The molecule has 1 amide bonds. The molecule has 1 aliphatic rings. The van der Waals surface area contributed by atoms with Crippen LogP contribution in [-0.2, 0) is 0 Å². The van der Waals surface area contributed by atoms with Crippen molar-refractivity contribution in [3.05, 3.63) is 63.9 Å². The molecule has 3 heterocycles. The number of aliphatic hydroxyl groups is 1. The number of piperidine rings is 1. The van der Waals surface area contributed by atoms with E-state index in [1.54, 1.807) is 36.5 Å². The first-order valence-electron chi connectivity index (χ1n) is 11.1. The van der Waals surface area contributed by atoms with Crippen LogP contribution in [0.15, 0.2) is 42.6 Å². The minimum atomic E-state index is -0.414. The van der Waals surface area contributed by atoms with Gasteiger partial charge in [-0.2, -0.15) is 4.98 Å². The van der Waals surface area contributed by atoms with E-state index in [0.717, 1.165) is 25.1 Å². The minimum Gasteiger partial charge on any atom is -0.391 e. The number of β-amino-alcohol motifs (C(OH)–C–C–N with tert-alkyl or cyclic N) is 1. The molecule has 3 aromatic rings. The van der Waals surface area contributed by atoms with Gasteiger partial charge in [0.2, 0.25) is 5.95 Å². The molecular formula is C24H26Cl2N6O2. The molecule has 4 rings (SSSR count). The smallest absolute Gasteiger partial charge is 0.258 e. The zero-order valence-corrected chi connectivity index (χ0v) is 20.4. The Morgan fingerprint density at radius 1 is 1.15 bits per heavy atom. The largest absolute Gasteiger partial charge is 0.391 e. The van der Waals surface area contributed by atoms with E-state index in [2.05, 4.69) is 34.4 Å². The summed E-state index contributed by atoms with van der Waals surface area (Å²) in [5, 5.41) is 16.6. The summed E-state index contributed by atoms with van der Waals surface area (Å²) in [4.78, 5) is 28.4. The van der Waals surface area contributed by atoms with E-state index in [1.807, 2.05) is 11.0 Å². The molecule has 178 valence electrons. The molecule has 1 fully saturated rings. The highest BCUT2D eigenvalue weighted by atomic mass is 35.5. The fourth-order valence-electron chi connectivity index (χ4n) is 3.71. The van der Waals surface area contributed by atoms with E-state index in [0.29, 0.717) is 29.8 Å². The summed E-state index contributed by atoms with van der Waals surface area (Å²) >= 11 is 12.3. The fraction of sp³-hybridized carbons (Fsp3) is 0.333. The van der Waals surface area contributed by atoms with Gasteiger partial charge in [-0.05, 0) is 37.0 Å². The van der Waals surface area contributed by atoms with Crippen molar-refractivity contribution in [2.45, 2.75) is 38.7 Å². The first-order chi connectivity index (χ1) is 16.3. The molecular weight excluding hydrogens is 475 g/mol. The average Bonchev–Trinajstić information content (AvgIpc) is 2.79. The molecule has 1 unspecified atom stereocenters. The Kier molecular flexibility index (Phi) is 7.50. The van der Waals surface area contributed by atoms with Crippen molar-refractivity contribution < 1.29 is 9.90 Å². The van der Waals surface area contributed by atoms with E-state index >= 15 is 0 Å². The molecule has 0 spiro atoms. The van der Waals surface area contributed by atoms with Gasteiger partial charge in [-0.1, -0.05) is 43.1 Å². The van der Waals surface area contributed by atoms with Gasteiger partial charge in [0, 0.05) is 37.1 Å². The van der Waals surface area contributed by atoms with Gasteiger partial charge in [-0.15, -0.1) is 0 Å². The topological polar surface area (TPSA) is 103 Å². The third-order valence-corrected chi connectivity index (χ3v) is 6.10. The number of nitrogens with zero attached hydrogens (tertiary/aromatic N) is 4. The zero-order chi connectivity index (χ0) is 24.2.